The lowest BCUT2D eigenvalue weighted by molar-refractivity contribution is 0.475. The first-order valence-corrected chi connectivity index (χ1v) is 10.1. The summed E-state index contributed by atoms with van der Waals surface area (Å²) in [5.74, 6) is 0.253. The van der Waals surface area contributed by atoms with Crippen molar-refractivity contribution in [1.82, 2.24) is 9.78 Å². The van der Waals surface area contributed by atoms with Crippen molar-refractivity contribution < 1.29 is 5.11 Å². The monoisotopic (exact) mass is 394 g/mol. The highest BCUT2D eigenvalue weighted by molar-refractivity contribution is 5.72. The molecule has 0 aliphatic heterocycles. The van der Waals surface area contributed by atoms with Gasteiger partial charge in [-0.15, -0.1) is 0 Å². The van der Waals surface area contributed by atoms with Crippen LogP contribution in [0.3, 0.4) is 0 Å². The number of aromatic hydroxyl groups is 1. The van der Waals surface area contributed by atoms with Gasteiger partial charge in [0.2, 0.25) is 0 Å². The topological polar surface area (TPSA) is 38.0 Å². The molecular weight excluding hydrogens is 368 g/mol. The van der Waals surface area contributed by atoms with Gasteiger partial charge in [-0.2, -0.15) is 5.10 Å². The van der Waals surface area contributed by atoms with Crippen LogP contribution >= 0.6 is 0 Å². The minimum absolute atomic E-state index is 0.149. The Balaban J connectivity index is 1.69. The lowest BCUT2D eigenvalue weighted by Gasteiger charge is -2.18. The smallest absolute Gasteiger partial charge is 0.115 e. The lowest BCUT2D eigenvalue weighted by Crippen LogP contribution is -2.10. The number of para-hydroxylation sites is 1. The highest BCUT2D eigenvalue weighted by Crippen LogP contribution is 2.27. The second-order valence-electron chi connectivity index (χ2n) is 8.45. The van der Waals surface area contributed by atoms with Crippen molar-refractivity contribution in [3.63, 3.8) is 0 Å². The summed E-state index contributed by atoms with van der Waals surface area (Å²) in [5.41, 5.74) is 6.46. The fourth-order valence-corrected chi connectivity index (χ4v) is 3.36. The molecule has 1 N–H and O–H groups in total. The van der Waals surface area contributed by atoms with E-state index in [1.54, 1.807) is 12.1 Å². The van der Waals surface area contributed by atoms with Crippen molar-refractivity contribution in [2.75, 3.05) is 0 Å². The van der Waals surface area contributed by atoms with E-state index < -0.39 is 0 Å². The van der Waals surface area contributed by atoms with Crippen LogP contribution in [0.15, 0.2) is 84.9 Å². The molecule has 3 aromatic carbocycles. The maximum absolute atomic E-state index is 9.64. The molecule has 0 aliphatic carbocycles. The highest BCUT2D eigenvalue weighted by atomic mass is 16.3. The summed E-state index contributed by atoms with van der Waals surface area (Å²) in [6.07, 6.45) is 4.13. The number of nitrogens with zero attached hydrogens (tertiary/aromatic N) is 2. The molecule has 1 heterocycles. The number of aromatic nitrogens is 2. The standard InChI is InChI=1S/C27H26N2O/c1-27(2,3)22-14-9-20(10-15-22)11-16-23-19-26(21-12-17-25(30)18-13-21)29(28-23)24-7-5-4-6-8-24/h4-19,30H,1-3H3. The Labute approximate surface area is 178 Å². The molecule has 4 aromatic rings. The Morgan fingerprint density at radius 2 is 1.47 bits per heavy atom. The van der Waals surface area contributed by atoms with Crippen molar-refractivity contribution >= 4 is 12.2 Å². The number of phenols is 1. The first-order chi connectivity index (χ1) is 14.4. The van der Waals surface area contributed by atoms with Gasteiger partial charge in [0.1, 0.15) is 5.75 Å². The summed E-state index contributed by atoms with van der Waals surface area (Å²) in [6.45, 7) is 6.66. The zero-order valence-electron chi connectivity index (χ0n) is 17.6. The molecule has 3 heteroatoms. The fourth-order valence-electron chi connectivity index (χ4n) is 3.36. The molecule has 0 amide bonds. The van der Waals surface area contributed by atoms with Crippen LogP contribution in [0.25, 0.3) is 29.1 Å². The molecule has 0 fully saturated rings. The highest BCUT2D eigenvalue weighted by Gasteiger charge is 2.13. The van der Waals surface area contributed by atoms with Crippen molar-refractivity contribution in [3.8, 4) is 22.7 Å². The predicted molar refractivity (Wildman–Crippen MR) is 125 cm³/mol. The van der Waals surface area contributed by atoms with Crippen LogP contribution in [0.2, 0.25) is 0 Å². The minimum Gasteiger partial charge on any atom is -0.508 e. The molecule has 0 aliphatic rings. The molecule has 3 nitrogen and oxygen atoms in total. The van der Waals surface area contributed by atoms with Gasteiger partial charge in [-0.25, -0.2) is 4.68 Å². The average Bonchev–Trinajstić information content (AvgIpc) is 3.17. The van der Waals surface area contributed by atoms with Crippen molar-refractivity contribution in [2.45, 2.75) is 26.2 Å². The van der Waals surface area contributed by atoms with Gasteiger partial charge in [-0.3, -0.25) is 0 Å². The Kier molecular flexibility index (Phi) is 5.28. The van der Waals surface area contributed by atoms with E-state index in [4.69, 9.17) is 5.10 Å². The SMILES string of the molecule is CC(C)(C)c1ccc(C=Cc2cc(-c3ccc(O)cc3)n(-c3ccccc3)n2)cc1. The van der Waals surface area contributed by atoms with E-state index in [0.717, 1.165) is 28.2 Å². The third kappa shape index (κ3) is 4.36. The molecule has 150 valence electrons. The molecule has 30 heavy (non-hydrogen) atoms. The van der Waals surface area contributed by atoms with Gasteiger partial charge in [0.25, 0.3) is 0 Å². The van der Waals surface area contributed by atoms with E-state index in [1.165, 1.54) is 5.56 Å². The normalized spacial score (nSPS) is 11.8. The number of hydrogen-bond donors (Lipinski definition) is 1. The summed E-state index contributed by atoms with van der Waals surface area (Å²) in [4.78, 5) is 0. The number of hydrogen-bond acceptors (Lipinski definition) is 2. The van der Waals surface area contributed by atoms with Gasteiger partial charge >= 0.3 is 0 Å². The van der Waals surface area contributed by atoms with Crippen molar-refractivity contribution in [3.05, 3.63) is 102 Å². The van der Waals surface area contributed by atoms with Crippen LogP contribution in [-0.4, -0.2) is 14.9 Å². The van der Waals surface area contributed by atoms with Crippen LogP contribution in [0, 0.1) is 0 Å². The van der Waals surface area contributed by atoms with Crippen LogP contribution in [-0.2, 0) is 5.41 Å². The zero-order valence-corrected chi connectivity index (χ0v) is 17.6. The van der Waals surface area contributed by atoms with Crippen LogP contribution in [0.1, 0.15) is 37.6 Å². The Hall–Kier alpha value is -3.59. The molecule has 0 radical (unpaired) electrons. The summed E-state index contributed by atoms with van der Waals surface area (Å²) < 4.78 is 1.94. The largest absolute Gasteiger partial charge is 0.508 e. The van der Waals surface area contributed by atoms with E-state index in [-0.39, 0.29) is 11.2 Å². The number of benzene rings is 3. The Bertz CT molecular complexity index is 1150. The summed E-state index contributed by atoms with van der Waals surface area (Å²) in [6, 6.07) is 28.0. The van der Waals surface area contributed by atoms with E-state index in [9.17, 15) is 5.11 Å². The van der Waals surface area contributed by atoms with E-state index >= 15 is 0 Å². The van der Waals surface area contributed by atoms with E-state index in [0.29, 0.717) is 0 Å². The van der Waals surface area contributed by atoms with E-state index in [2.05, 4.69) is 57.2 Å². The Morgan fingerprint density at radius 1 is 0.800 bits per heavy atom. The molecular formula is C27H26N2O. The molecule has 0 spiro atoms. The van der Waals surface area contributed by atoms with Crippen molar-refractivity contribution in [2.24, 2.45) is 0 Å². The van der Waals surface area contributed by atoms with Gasteiger partial charge in [0.15, 0.2) is 0 Å². The molecule has 0 unspecified atom stereocenters. The third-order valence-corrected chi connectivity index (χ3v) is 5.12. The van der Waals surface area contributed by atoms with Crippen LogP contribution < -0.4 is 0 Å². The van der Waals surface area contributed by atoms with Crippen LogP contribution in [0.5, 0.6) is 5.75 Å². The fraction of sp³-hybridized carbons (Fsp3) is 0.148. The van der Waals surface area contributed by atoms with Gasteiger partial charge in [0.05, 0.1) is 17.1 Å². The first-order valence-electron chi connectivity index (χ1n) is 10.1. The van der Waals surface area contributed by atoms with Gasteiger partial charge in [-0.05, 0) is 65.1 Å². The third-order valence-electron chi connectivity index (χ3n) is 5.12. The zero-order chi connectivity index (χ0) is 21.1. The summed E-state index contributed by atoms with van der Waals surface area (Å²) in [5, 5.41) is 14.5. The van der Waals surface area contributed by atoms with Crippen LogP contribution in [0.4, 0.5) is 0 Å². The van der Waals surface area contributed by atoms with E-state index in [1.807, 2.05) is 53.2 Å². The maximum Gasteiger partial charge on any atom is 0.115 e. The molecule has 0 saturated carbocycles. The predicted octanol–water partition coefficient (Wildman–Crippen LogP) is 6.71. The molecule has 0 saturated heterocycles. The molecule has 1 aromatic heterocycles. The van der Waals surface area contributed by atoms with Gasteiger partial charge < -0.3 is 5.11 Å². The second-order valence-corrected chi connectivity index (χ2v) is 8.45. The van der Waals surface area contributed by atoms with Crippen molar-refractivity contribution in [1.29, 1.82) is 0 Å². The van der Waals surface area contributed by atoms with Gasteiger partial charge in [0, 0.05) is 5.56 Å². The second kappa shape index (κ2) is 8.03. The molecule has 4 rings (SSSR count). The quantitative estimate of drug-likeness (QED) is 0.417. The summed E-state index contributed by atoms with van der Waals surface area (Å²) in [7, 11) is 0. The molecule has 0 atom stereocenters. The first kappa shape index (κ1) is 19.7. The van der Waals surface area contributed by atoms with Gasteiger partial charge in [-0.1, -0.05) is 69.3 Å². The summed E-state index contributed by atoms with van der Waals surface area (Å²) >= 11 is 0. The molecule has 0 bridgehead atoms. The average molecular weight is 395 g/mol. The Morgan fingerprint density at radius 3 is 2.10 bits per heavy atom. The lowest BCUT2D eigenvalue weighted by atomic mass is 9.87. The number of rotatable bonds is 4. The maximum atomic E-state index is 9.64. The minimum atomic E-state index is 0.149. The number of phenolic OH excluding ortho intramolecular Hbond substituents is 1.